The Morgan fingerprint density at radius 2 is 1.92 bits per heavy atom. The summed E-state index contributed by atoms with van der Waals surface area (Å²) in [5, 5.41) is 0. The number of hydrogen-bond acceptors (Lipinski definition) is 3. The molecule has 1 aromatic carbocycles. The standard InChI is InChI=1S/C10H15NOS/c1-3-10(2,13)12-9-6-4-8(11)5-7-9/h4-7,13H,3,11H2,1-2H3. The topological polar surface area (TPSA) is 35.2 Å². The van der Waals surface area contributed by atoms with E-state index in [1.54, 1.807) is 0 Å². The summed E-state index contributed by atoms with van der Waals surface area (Å²) in [5.41, 5.74) is 6.29. The second-order valence-electron chi connectivity index (χ2n) is 3.20. The minimum atomic E-state index is -0.407. The van der Waals surface area contributed by atoms with Crippen molar-refractivity contribution in [2.45, 2.75) is 25.2 Å². The summed E-state index contributed by atoms with van der Waals surface area (Å²) in [4.78, 5) is -0.407. The van der Waals surface area contributed by atoms with Crippen LogP contribution in [0.1, 0.15) is 20.3 Å². The first-order chi connectivity index (χ1) is 6.03. The van der Waals surface area contributed by atoms with E-state index < -0.39 is 4.93 Å². The predicted octanol–water partition coefficient (Wildman–Crippen LogP) is 2.70. The number of anilines is 1. The minimum absolute atomic E-state index is 0.407. The smallest absolute Gasteiger partial charge is 0.148 e. The Balaban J connectivity index is 2.69. The largest absolute Gasteiger partial charge is 0.477 e. The van der Waals surface area contributed by atoms with Crippen LogP contribution in [0.15, 0.2) is 24.3 Å². The molecule has 0 aliphatic heterocycles. The van der Waals surface area contributed by atoms with Gasteiger partial charge in [-0.3, -0.25) is 0 Å². The number of hydrogen-bond donors (Lipinski definition) is 2. The lowest BCUT2D eigenvalue weighted by Crippen LogP contribution is -2.23. The Kier molecular flexibility index (Phi) is 3.09. The van der Waals surface area contributed by atoms with Crippen LogP contribution in [0.2, 0.25) is 0 Å². The summed E-state index contributed by atoms with van der Waals surface area (Å²) in [5.74, 6) is 0.800. The highest BCUT2D eigenvalue weighted by atomic mass is 32.1. The molecular weight excluding hydrogens is 182 g/mol. The average molecular weight is 197 g/mol. The monoisotopic (exact) mass is 197 g/mol. The summed E-state index contributed by atoms with van der Waals surface area (Å²) in [6.07, 6.45) is 0.848. The van der Waals surface area contributed by atoms with Crippen LogP contribution in [-0.4, -0.2) is 4.93 Å². The zero-order valence-corrected chi connectivity index (χ0v) is 8.84. The van der Waals surface area contributed by atoms with Gasteiger partial charge in [0, 0.05) is 5.69 Å². The van der Waals surface area contributed by atoms with Crippen molar-refractivity contribution in [1.29, 1.82) is 0 Å². The Hall–Kier alpha value is -0.830. The number of ether oxygens (including phenoxy) is 1. The van der Waals surface area contributed by atoms with Crippen LogP contribution in [0.5, 0.6) is 5.75 Å². The van der Waals surface area contributed by atoms with Gasteiger partial charge in [-0.05, 0) is 37.6 Å². The quantitative estimate of drug-likeness (QED) is 0.444. The summed E-state index contributed by atoms with van der Waals surface area (Å²) < 4.78 is 5.61. The van der Waals surface area contributed by atoms with Crippen molar-refractivity contribution in [1.82, 2.24) is 0 Å². The second kappa shape index (κ2) is 3.92. The molecule has 0 bridgehead atoms. The van der Waals surface area contributed by atoms with Gasteiger partial charge in [0.05, 0.1) is 0 Å². The van der Waals surface area contributed by atoms with Crippen molar-refractivity contribution in [3.63, 3.8) is 0 Å². The van der Waals surface area contributed by atoms with Crippen LogP contribution in [0.25, 0.3) is 0 Å². The summed E-state index contributed by atoms with van der Waals surface area (Å²) in [6, 6.07) is 7.32. The van der Waals surface area contributed by atoms with Crippen LogP contribution in [0, 0.1) is 0 Å². The molecule has 1 unspecified atom stereocenters. The highest BCUT2D eigenvalue weighted by Gasteiger charge is 2.17. The maximum absolute atomic E-state index is 5.61. The Morgan fingerprint density at radius 1 is 1.38 bits per heavy atom. The van der Waals surface area contributed by atoms with Gasteiger partial charge in [-0.15, -0.1) is 12.6 Å². The molecule has 2 nitrogen and oxygen atoms in total. The molecule has 0 aromatic heterocycles. The van der Waals surface area contributed by atoms with Crippen molar-refractivity contribution in [3.05, 3.63) is 24.3 Å². The van der Waals surface area contributed by atoms with Crippen LogP contribution in [0.3, 0.4) is 0 Å². The molecule has 0 fully saturated rings. The fraction of sp³-hybridized carbons (Fsp3) is 0.400. The number of benzene rings is 1. The molecule has 0 saturated carbocycles. The third-order valence-electron chi connectivity index (χ3n) is 1.87. The van der Waals surface area contributed by atoms with Gasteiger partial charge in [0.25, 0.3) is 0 Å². The first-order valence-corrected chi connectivity index (χ1v) is 4.75. The Labute approximate surface area is 84.5 Å². The number of rotatable bonds is 3. The zero-order chi connectivity index (χ0) is 9.90. The molecule has 2 N–H and O–H groups in total. The van der Waals surface area contributed by atoms with Gasteiger partial charge >= 0.3 is 0 Å². The third-order valence-corrected chi connectivity index (χ3v) is 2.28. The number of thiol groups is 1. The lowest BCUT2D eigenvalue weighted by molar-refractivity contribution is 0.184. The van der Waals surface area contributed by atoms with E-state index in [-0.39, 0.29) is 0 Å². The fourth-order valence-electron chi connectivity index (χ4n) is 0.862. The zero-order valence-electron chi connectivity index (χ0n) is 7.95. The molecule has 0 aliphatic rings. The van der Waals surface area contributed by atoms with E-state index in [0.717, 1.165) is 17.9 Å². The minimum Gasteiger partial charge on any atom is -0.477 e. The van der Waals surface area contributed by atoms with Crippen LogP contribution >= 0.6 is 12.6 Å². The lowest BCUT2D eigenvalue weighted by Gasteiger charge is -2.23. The van der Waals surface area contributed by atoms with E-state index >= 15 is 0 Å². The van der Waals surface area contributed by atoms with Crippen LogP contribution in [0.4, 0.5) is 5.69 Å². The molecule has 1 atom stereocenters. The summed E-state index contributed by atoms with van der Waals surface area (Å²) in [6.45, 7) is 3.97. The van der Waals surface area contributed by atoms with Gasteiger partial charge in [0.15, 0.2) is 0 Å². The molecule has 3 heteroatoms. The molecule has 72 valence electrons. The highest BCUT2D eigenvalue weighted by molar-refractivity contribution is 7.81. The maximum atomic E-state index is 5.61. The molecule has 0 amide bonds. The van der Waals surface area contributed by atoms with E-state index in [2.05, 4.69) is 12.6 Å². The first kappa shape index (κ1) is 10.3. The molecular formula is C10H15NOS. The molecule has 13 heavy (non-hydrogen) atoms. The van der Waals surface area contributed by atoms with Gasteiger partial charge in [0.2, 0.25) is 0 Å². The van der Waals surface area contributed by atoms with Gasteiger partial charge in [-0.1, -0.05) is 6.92 Å². The number of nitrogens with two attached hydrogens (primary N) is 1. The van der Waals surface area contributed by atoms with Gasteiger partial charge in [-0.25, -0.2) is 0 Å². The van der Waals surface area contributed by atoms with Crippen LogP contribution < -0.4 is 10.5 Å². The maximum Gasteiger partial charge on any atom is 0.148 e. The molecule has 0 radical (unpaired) electrons. The fourth-order valence-corrected chi connectivity index (χ4v) is 0.967. The molecule has 0 heterocycles. The number of nitrogen functional groups attached to an aromatic ring is 1. The summed E-state index contributed by atoms with van der Waals surface area (Å²) >= 11 is 4.37. The van der Waals surface area contributed by atoms with Crippen molar-refractivity contribution >= 4 is 18.3 Å². The molecule has 1 aromatic rings. The Bertz CT molecular complexity index is 269. The molecule has 0 spiro atoms. The van der Waals surface area contributed by atoms with Crippen molar-refractivity contribution in [2.24, 2.45) is 0 Å². The second-order valence-corrected chi connectivity index (χ2v) is 4.15. The third kappa shape index (κ3) is 3.19. The van der Waals surface area contributed by atoms with E-state index in [4.69, 9.17) is 10.5 Å². The van der Waals surface area contributed by atoms with Crippen molar-refractivity contribution in [2.75, 3.05) is 5.73 Å². The van der Waals surface area contributed by atoms with Gasteiger partial charge in [0.1, 0.15) is 10.7 Å². The predicted molar refractivity (Wildman–Crippen MR) is 59.2 cm³/mol. The Morgan fingerprint density at radius 3 is 2.38 bits per heavy atom. The van der Waals surface area contributed by atoms with E-state index in [1.807, 2.05) is 38.1 Å². The average Bonchev–Trinajstić information content (AvgIpc) is 2.09. The van der Waals surface area contributed by atoms with E-state index in [1.165, 1.54) is 0 Å². The molecule has 0 aliphatic carbocycles. The summed E-state index contributed by atoms with van der Waals surface area (Å²) in [7, 11) is 0. The van der Waals surface area contributed by atoms with Crippen LogP contribution in [-0.2, 0) is 0 Å². The highest BCUT2D eigenvalue weighted by Crippen LogP contribution is 2.24. The molecule has 1 rings (SSSR count). The SMILES string of the molecule is CCC(C)(S)Oc1ccc(N)cc1. The van der Waals surface area contributed by atoms with Gasteiger partial charge in [-0.2, -0.15) is 0 Å². The van der Waals surface area contributed by atoms with Crippen molar-refractivity contribution in [3.8, 4) is 5.75 Å². The van der Waals surface area contributed by atoms with E-state index in [0.29, 0.717) is 0 Å². The first-order valence-electron chi connectivity index (χ1n) is 4.30. The van der Waals surface area contributed by atoms with E-state index in [9.17, 15) is 0 Å². The van der Waals surface area contributed by atoms with Gasteiger partial charge < -0.3 is 10.5 Å². The molecule has 0 saturated heterocycles. The van der Waals surface area contributed by atoms with Crippen molar-refractivity contribution < 1.29 is 4.74 Å². The normalized spacial score (nSPS) is 15.0. The lowest BCUT2D eigenvalue weighted by atomic mass is 10.3.